The third-order valence-electron chi connectivity index (χ3n) is 2.87. The molecule has 0 saturated carbocycles. The van der Waals surface area contributed by atoms with Crippen molar-refractivity contribution in [3.63, 3.8) is 0 Å². The minimum atomic E-state index is 0.532. The Morgan fingerprint density at radius 2 is 2.36 bits per heavy atom. The third kappa shape index (κ3) is 1.50. The summed E-state index contributed by atoms with van der Waals surface area (Å²) in [4.78, 5) is 0. The first-order chi connectivity index (χ1) is 6.86. The van der Waals surface area contributed by atoms with E-state index in [1.54, 1.807) is 7.11 Å². The highest BCUT2D eigenvalue weighted by Gasteiger charge is 2.23. The van der Waals surface area contributed by atoms with Gasteiger partial charge in [0.15, 0.2) is 0 Å². The fourth-order valence-corrected chi connectivity index (χ4v) is 2.17. The highest BCUT2D eigenvalue weighted by Crippen LogP contribution is 2.34. The molecule has 2 rings (SSSR count). The average Bonchev–Trinajstić information content (AvgIpc) is 2.62. The van der Waals surface area contributed by atoms with Crippen LogP contribution < -0.4 is 10.1 Å². The van der Waals surface area contributed by atoms with E-state index in [2.05, 4.69) is 24.4 Å². The molecule has 0 aliphatic carbocycles. The predicted octanol–water partition coefficient (Wildman–Crippen LogP) is 2.64. The minimum absolute atomic E-state index is 0.532. The summed E-state index contributed by atoms with van der Waals surface area (Å²) >= 11 is 0. The van der Waals surface area contributed by atoms with Gasteiger partial charge in [-0.05, 0) is 18.1 Å². The van der Waals surface area contributed by atoms with Gasteiger partial charge in [0.1, 0.15) is 5.75 Å². The summed E-state index contributed by atoms with van der Waals surface area (Å²) in [5.74, 6) is 1.02. The second-order valence-electron chi connectivity index (χ2n) is 3.75. The zero-order valence-corrected chi connectivity index (χ0v) is 8.84. The van der Waals surface area contributed by atoms with Crippen molar-refractivity contribution in [1.82, 2.24) is 5.32 Å². The number of benzene rings is 1. The Labute approximate surface area is 85.3 Å². The summed E-state index contributed by atoms with van der Waals surface area (Å²) in [6.45, 7) is 3.17. The van der Waals surface area contributed by atoms with Gasteiger partial charge in [0, 0.05) is 18.2 Å². The zero-order valence-electron chi connectivity index (χ0n) is 8.84. The summed E-state index contributed by atoms with van der Waals surface area (Å²) in [6.07, 6.45) is 2.43. The van der Waals surface area contributed by atoms with Crippen LogP contribution in [0, 0.1) is 0 Å². The third-order valence-corrected chi connectivity index (χ3v) is 2.87. The van der Waals surface area contributed by atoms with Crippen molar-refractivity contribution < 1.29 is 4.74 Å². The molecule has 0 bridgehead atoms. The van der Waals surface area contributed by atoms with Crippen molar-refractivity contribution in [3.8, 4) is 5.75 Å². The number of hydrogen-bond donors (Lipinski definition) is 1. The first-order valence-electron chi connectivity index (χ1n) is 5.26. The molecule has 0 radical (unpaired) electrons. The van der Waals surface area contributed by atoms with E-state index in [1.165, 1.54) is 24.0 Å². The summed E-state index contributed by atoms with van der Waals surface area (Å²) in [5.41, 5.74) is 2.76. The Morgan fingerprint density at radius 3 is 3.07 bits per heavy atom. The molecule has 1 heterocycles. The molecule has 0 amide bonds. The van der Waals surface area contributed by atoms with Crippen LogP contribution in [0.2, 0.25) is 0 Å². The average molecular weight is 191 g/mol. The molecule has 0 aromatic heterocycles. The van der Waals surface area contributed by atoms with Crippen LogP contribution in [0.5, 0.6) is 5.75 Å². The minimum Gasteiger partial charge on any atom is -0.496 e. The molecular formula is C12H17NO. The molecule has 1 unspecified atom stereocenters. The van der Waals surface area contributed by atoms with Crippen molar-refractivity contribution in [3.05, 3.63) is 29.3 Å². The van der Waals surface area contributed by atoms with Crippen molar-refractivity contribution in [2.45, 2.75) is 32.4 Å². The van der Waals surface area contributed by atoms with Gasteiger partial charge in [-0.1, -0.05) is 25.5 Å². The molecule has 1 aromatic carbocycles. The molecule has 2 heteroatoms. The van der Waals surface area contributed by atoms with Gasteiger partial charge in [-0.3, -0.25) is 0 Å². The van der Waals surface area contributed by atoms with Crippen LogP contribution in [-0.4, -0.2) is 7.11 Å². The number of hydrogen-bond acceptors (Lipinski definition) is 2. The first-order valence-corrected chi connectivity index (χ1v) is 5.26. The maximum atomic E-state index is 5.34. The predicted molar refractivity (Wildman–Crippen MR) is 57.5 cm³/mol. The van der Waals surface area contributed by atoms with E-state index in [1.807, 2.05) is 6.07 Å². The lowest BCUT2D eigenvalue weighted by Gasteiger charge is -2.10. The topological polar surface area (TPSA) is 21.3 Å². The van der Waals surface area contributed by atoms with Crippen LogP contribution in [0.25, 0.3) is 0 Å². The standard InChI is InChI=1S/C12H17NO/c1-3-5-11-9-6-4-7-12(14-2)10(9)8-13-11/h4,6-7,11,13H,3,5,8H2,1-2H3. The van der Waals surface area contributed by atoms with Gasteiger partial charge in [0.25, 0.3) is 0 Å². The maximum absolute atomic E-state index is 5.34. The van der Waals surface area contributed by atoms with Gasteiger partial charge < -0.3 is 10.1 Å². The van der Waals surface area contributed by atoms with Crippen molar-refractivity contribution in [1.29, 1.82) is 0 Å². The van der Waals surface area contributed by atoms with Crippen LogP contribution in [0.4, 0.5) is 0 Å². The normalized spacial score (nSPS) is 19.4. The zero-order chi connectivity index (χ0) is 9.97. The fraction of sp³-hybridized carbons (Fsp3) is 0.500. The number of nitrogens with one attached hydrogen (secondary N) is 1. The van der Waals surface area contributed by atoms with E-state index < -0.39 is 0 Å². The van der Waals surface area contributed by atoms with E-state index in [-0.39, 0.29) is 0 Å². The Hall–Kier alpha value is -1.02. The van der Waals surface area contributed by atoms with Gasteiger partial charge in [-0.25, -0.2) is 0 Å². The van der Waals surface area contributed by atoms with E-state index >= 15 is 0 Å². The van der Waals surface area contributed by atoms with E-state index in [4.69, 9.17) is 4.74 Å². The lowest BCUT2D eigenvalue weighted by atomic mass is 10.0. The second kappa shape index (κ2) is 4.01. The molecule has 76 valence electrons. The van der Waals surface area contributed by atoms with Crippen LogP contribution in [0.1, 0.15) is 36.9 Å². The van der Waals surface area contributed by atoms with Crippen LogP contribution >= 0.6 is 0 Å². The van der Waals surface area contributed by atoms with Gasteiger partial charge in [-0.2, -0.15) is 0 Å². The fourth-order valence-electron chi connectivity index (χ4n) is 2.17. The largest absolute Gasteiger partial charge is 0.496 e. The first kappa shape index (κ1) is 9.53. The lowest BCUT2D eigenvalue weighted by Crippen LogP contribution is -2.11. The quantitative estimate of drug-likeness (QED) is 0.793. The van der Waals surface area contributed by atoms with Crippen LogP contribution in [0.3, 0.4) is 0 Å². The van der Waals surface area contributed by atoms with Crippen LogP contribution in [0.15, 0.2) is 18.2 Å². The molecule has 0 spiro atoms. The smallest absolute Gasteiger partial charge is 0.123 e. The Bertz CT molecular complexity index is 322. The summed E-state index contributed by atoms with van der Waals surface area (Å²) < 4.78 is 5.34. The van der Waals surface area contributed by atoms with E-state index in [9.17, 15) is 0 Å². The maximum Gasteiger partial charge on any atom is 0.123 e. The molecule has 1 N–H and O–H groups in total. The van der Waals surface area contributed by atoms with E-state index in [0.717, 1.165) is 12.3 Å². The SMILES string of the molecule is CCCC1NCc2c(OC)cccc21. The highest BCUT2D eigenvalue weighted by atomic mass is 16.5. The Balaban J connectivity index is 2.31. The number of ether oxygens (including phenoxy) is 1. The number of rotatable bonds is 3. The molecule has 0 saturated heterocycles. The molecule has 2 nitrogen and oxygen atoms in total. The Morgan fingerprint density at radius 1 is 1.50 bits per heavy atom. The Kier molecular flexibility index (Phi) is 2.73. The highest BCUT2D eigenvalue weighted by molar-refractivity contribution is 5.44. The van der Waals surface area contributed by atoms with Crippen molar-refractivity contribution in [2.24, 2.45) is 0 Å². The number of fused-ring (bicyclic) bond motifs is 1. The van der Waals surface area contributed by atoms with E-state index in [0.29, 0.717) is 6.04 Å². The van der Waals surface area contributed by atoms with Crippen molar-refractivity contribution in [2.75, 3.05) is 7.11 Å². The summed E-state index contributed by atoms with van der Waals surface area (Å²) in [6, 6.07) is 6.85. The van der Waals surface area contributed by atoms with Gasteiger partial charge in [0.2, 0.25) is 0 Å². The number of methoxy groups -OCH3 is 1. The van der Waals surface area contributed by atoms with Crippen molar-refractivity contribution >= 4 is 0 Å². The summed E-state index contributed by atoms with van der Waals surface area (Å²) in [7, 11) is 1.74. The summed E-state index contributed by atoms with van der Waals surface area (Å²) in [5, 5.41) is 3.52. The molecule has 0 fully saturated rings. The second-order valence-corrected chi connectivity index (χ2v) is 3.75. The van der Waals surface area contributed by atoms with Crippen LogP contribution in [-0.2, 0) is 6.54 Å². The molecule has 1 aliphatic heterocycles. The van der Waals surface area contributed by atoms with Gasteiger partial charge in [-0.15, -0.1) is 0 Å². The molecule has 1 atom stereocenters. The molecule has 14 heavy (non-hydrogen) atoms. The molecule has 1 aliphatic rings. The monoisotopic (exact) mass is 191 g/mol. The molecular weight excluding hydrogens is 174 g/mol. The lowest BCUT2D eigenvalue weighted by molar-refractivity contribution is 0.409. The van der Waals surface area contributed by atoms with Gasteiger partial charge >= 0.3 is 0 Å². The molecule has 1 aromatic rings. The van der Waals surface area contributed by atoms with Gasteiger partial charge in [0.05, 0.1) is 7.11 Å².